The molecule has 1 saturated heterocycles. The van der Waals surface area contributed by atoms with E-state index < -0.39 is 5.97 Å². The Kier molecular flexibility index (Phi) is 18.9. The fourth-order valence-electron chi connectivity index (χ4n) is 4.53. The number of benzene rings is 2. The molecule has 12 heteroatoms. The van der Waals surface area contributed by atoms with Gasteiger partial charge in [0.1, 0.15) is 23.1 Å². The number of hydrogen-bond acceptors (Lipinski definition) is 8. The number of halogens is 3. The van der Waals surface area contributed by atoms with Crippen molar-refractivity contribution < 1.29 is 46.6 Å². The van der Waals surface area contributed by atoms with Crippen LogP contribution in [0.5, 0.6) is 0 Å². The maximum absolute atomic E-state index is 13.3. The number of hydrogen-bond donors (Lipinski definition) is 0. The summed E-state index contributed by atoms with van der Waals surface area (Å²) in [5, 5.41) is 0. The van der Waals surface area contributed by atoms with E-state index in [4.69, 9.17) is 18.8 Å². The first kappa shape index (κ1) is 43.8. The molecule has 3 heterocycles. The summed E-state index contributed by atoms with van der Waals surface area (Å²) in [5.41, 5.74) is 2.24. The van der Waals surface area contributed by atoms with Gasteiger partial charge in [0.15, 0.2) is 0 Å². The molecule has 8 nitrogen and oxygen atoms in total. The zero-order valence-corrected chi connectivity index (χ0v) is 30.8. The molecule has 0 aliphatic carbocycles. The number of rotatable bonds is 6. The molecule has 0 atom stereocenters. The van der Waals surface area contributed by atoms with Gasteiger partial charge in [-0.2, -0.15) is 0 Å². The molecule has 0 spiro atoms. The Balaban J connectivity index is 0.000000359. The zero-order chi connectivity index (χ0) is 35.9. The van der Waals surface area contributed by atoms with E-state index in [1.54, 1.807) is 12.1 Å². The molecule has 3 aliphatic heterocycles. The minimum Gasteiger partial charge on any atom is -0.502 e. The summed E-state index contributed by atoms with van der Waals surface area (Å²) >= 11 is 3.21. The number of esters is 2. The summed E-state index contributed by atoms with van der Waals surface area (Å²) in [5.74, 6) is -0.777. The van der Waals surface area contributed by atoms with E-state index in [0.29, 0.717) is 22.2 Å². The summed E-state index contributed by atoms with van der Waals surface area (Å²) in [6.07, 6.45) is 8.23. The second-order valence-electron chi connectivity index (χ2n) is 11.8. The van der Waals surface area contributed by atoms with Crippen molar-refractivity contribution in [1.29, 1.82) is 0 Å². The van der Waals surface area contributed by atoms with E-state index in [2.05, 4.69) is 59.2 Å². The maximum atomic E-state index is 13.3. The molecule has 0 amide bonds. The van der Waals surface area contributed by atoms with Gasteiger partial charge in [0, 0.05) is 10.0 Å². The molecule has 5 rings (SSSR count). The van der Waals surface area contributed by atoms with Gasteiger partial charge in [-0.25, -0.2) is 8.78 Å². The van der Waals surface area contributed by atoms with Crippen LogP contribution in [0.1, 0.15) is 91.3 Å². The first-order valence-corrected chi connectivity index (χ1v) is 16.9. The highest BCUT2D eigenvalue weighted by Crippen LogP contribution is 2.39. The second-order valence-corrected chi connectivity index (χ2v) is 12.6. The Bertz CT molecular complexity index is 1410. The molecule has 0 bridgehead atoms. The molecule has 49 heavy (non-hydrogen) atoms. The van der Waals surface area contributed by atoms with Crippen LogP contribution in [0.25, 0.3) is 5.76 Å². The Morgan fingerprint density at radius 2 is 1.29 bits per heavy atom. The molecule has 272 valence electrons. The van der Waals surface area contributed by atoms with Crippen molar-refractivity contribution in [3.8, 4) is 0 Å². The molecule has 0 N–H and O–H groups in total. The van der Waals surface area contributed by atoms with E-state index in [1.165, 1.54) is 38.5 Å². The van der Waals surface area contributed by atoms with Crippen molar-refractivity contribution in [3.63, 3.8) is 0 Å². The fourth-order valence-corrected chi connectivity index (χ4v) is 4.92. The third kappa shape index (κ3) is 13.5. The average Bonchev–Trinajstić information content (AvgIpc) is 3.31. The standard InChI is InChI=1S/C14H15FO3.C11H19BO3.C9H8BrFO2.C2H6.CH4/c1-17-14(16)9-10-8-11(15)5-6-12(10)13-4-2-3-7-18-13;1-10(2)11(3,4)15-12(14-10)9-7-5-6-8-13-9;1-13-9(12)5-6-4-7(11)2-3-8(6)10;1-2;/h4-6,8H,2-3,7,9H2,1H3;7H,5-6,8H2,1-4H3;2-4H,5H2,1H3;1-2H3;1H4. The summed E-state index contributed by atoms with van der Waals surface area (Å²) < 4.78 is 58.7. The van der Waals surface area contributed by atoms with Gasteiger partial charge in [0.25, 0.3) is 0 Å². The highest BCUT2D eigenvalue weighted by atomic mass is 79.9. The number of ether oxygens (including phenoxy) is 4. The summed E-state index contributed by atoms with van der Waals surface area (Å²) in [6, 6.07) is 8.56. The van der Waals surface area contributed by atoms with Gasteiger partial charge < -0.3 is 28.3 Å². The van der Waals surface area contributed by atoms with Crippen LogP contribution >= 0.6 is 15.9 Å². The Morgan fingerprint density at radius 1 is 0.796 bits per heavy atom. The zero-order valence-electron chi connectivity index (χ0n) is 29.3. The van der Waals surface area contributed by atoms with Gasteiger partial charge in [0.2, 0.25) is 0 Å². The fraction of sp³-hybridized carbons (Fsp3) is 0.514. The van der Waals surface area contributed by atoms with Crippen molar-refractivity contribution in [2.24, 2.45) is 0 Å². The third-order valence-corrected chi connectivity index (χ3v) is 8.62. The van der Waals surface area contributed by atoms with E-state index in [0.717, 1.165) is 49.3 Å². The topological polar surface area (TPSA) is 89.5 Å². The second kappa shape index (κ2) is 21.1. The summed E-state index contributed by atoms with van der Waals surface area (Å²) in [6.45, 7) is 13.6. The first-order valence-electron chi connectivity index (χ1n) is 16.1. The highest BCUT2D eigenvalue weighted by molar-refractivity contribution is 9.10. The Hall–Kier alpha value is -3.22. The SMILES string of the molecule is C.CC.CC1(C)OB(C2=CCCCO2)OC1(C)C.COC(=O)Cc1cc(F)ccc1Br.COC(=O)Cc1cc(F)ccc1C1=CCCCO1. The van der Waals surface area contributed by atoms with Crippen LogP contribution in [-0.2, 0) is 50.7 Å². The molecule has 1 fully saturated rings. The Labute approximate surface area is 299 Å². The van der Waals surface area contributed by atoms with Crippen LogP contribution in [0.3, 0.4) is 0 Å². The van der Waals surface area contributed by atoms with Gasteiger partial charge in [-0.15, -0.1) is 0 Å². The molecule has 0 aromatic heterocycles. The molecule has 2 aromatic rings. The number of carbonyl (C=O) groups is 2. The minimum absolute atomic E-state index is 0. The smallest absolute Gasteiger partial charge is 0.502 e. The van der Waals surface area contributed by atoms with Crippen LogP contribution in [0.15, 0.2) is 58.7 Å². The number of carbonyl (C=O) groups excluding carboxylic acids is 2. The van der Waals surface area contributed by atoms with Crippen LogP contribution in [-0.4, -0.2) is 57.7 Å². The van der Waals surface area contributed by atoms with Crippen LogP contribution in [0.4, 0.5) is 8.78 Å². The lowest BCUT2D eigenvalue weighted by Gasteiger charge is -2.32. The van der Waals surface area contributed by atoms with E-state index >= 15 is 0 Å². The monoisotopic (exact) mass is 752 g/mol. The quantitative estimate of drug-likeness (QED) is 0.214. The van der Waals surface area contributed by atoms with E-state index in [-0.39, 0.29) is 56.2 Å². The van der Waals surface area contributed by atoms with Crippen molar-refractivity contribution in [1.82, 2.24) is 0 Å². The lowest BCUT2D eigenvalue weighted by molar-refractivity contribution is -0.140. The van der Waals surface area contributed by atoms with E-state index in [1.807, 2.05) is 19.9 Å². The highest BCUT2D eigenvalue weighted by Gasteiger charge is 2.53. The lowest BCUT2D eigenvalue weighted by atomic mass is 9.85. The molecular weight excluding hydrogens is 701 g/mol. The van der Waals surface area contributed by atoms with Gasteiger partial charge in [-0.05, 0) is 113 Å². The third-order valence-electron chi connectivity index (χ3n) is 7.85. The van der Waals surface area contributed by atoms with Crippen molar-refractivity contribution >= 4 is 40.7 Å². The molecule has 0 unspecified atom stereocenters. The molecule has 3 aliphatic rings. The number of methoxy groups -OCH3 is 2. The van der Waals surface area contributed by atoms with Gasteiger partial charge in [-0.1, -0.05) is 37.2 Å². The largest absolute Gasteiger partial charge is 0.531 e. The minimum atomic E-state index is -0.391. The summed E-state index contributed by atoms with van der Waals surface area (Å²) in [4.78, 5) is 22.2. The molecule has 0 saturated carbocycles. The van der Waals surface area contributed by atoms with Crippen LogP contribution in [0.2, 0.25) is 0 Å². The Morgan fingerprint density at radius 3 is 1.78 bits per heavy atom. The van der Waals surface area contributed by atoms with Crippen molar-refractivity contribution in [2.75, 3.05) is 27.4 Å². The van der Waals surface area contributed by atoms with Crippen LogP contribution < -0.4 is 0 Å². The normalized spacial score (nSPS) is 16.8. The van der Waals surface area contributed by atoms with Gasteiger partial charge >= 0.3 is 19.1 Å². The van der Waals surface area contributed by atoms with E-state index in [9.17, 15) is 18.4 Å². The molecule has 2 aromatic carbocycles. The van der Waals surface area contributed by atoms with Gasteiger partial charge in [0.05, 0.1) is 51.5 Å². The lowest BCUT2D eigenvalue weighted by Crippen LogP contribution is -2.41. The van der Waals surface area contributed by atoms with Crippen LogP contribution in [0, 0.1) is 11.6 Å². The molecular formula is C37H52BBrF2O8. The van der Waals surface area contributed by atoms with Crippen molar-refractivity contribution in [3.05, 3.63) is 87.0 Å². The predicted molar refractivity (Wildman–Crippen MR) is 193 cm³/mol. The average molecular weight is 754 g/mol. The predicted octanol–water partition coefficient (Wildman–Crippen LogP) is 8.97. The molecule has 0 radical (unpaired) electrons. The van der Waals surface area contributed by atoms with Crippen molar-refractivity contribution in [2.45, 2.75) is 98.7 Å². The van der Waals surface area contributed by atoms with Gasteiger partial charge in [-0.3, -0.25) is 9.59 Å². The maximum Gasteiger partial charge on any atom is 0.531 e. The summed E-state index contributed by atoms with van der Waals surface area (Å²) in [7, 11) is 2.29. The number of allylic oxidation sites excluding steroid dienone is 2. The first-order chi connectivity index (χ1) is 22.8.